The van der Waals surface area contributed by atoms with Gasteiger partial charge in [0.2, 0.25) is 0 Å². The third-order valence-corrected chi connectivity index (χ3v) is 3.67. The van der Waals surface area contributed by atoms with E-state index in [9.17, 15) is 13.6 Å². The third kappa shape index (κ3) is 4.41. The summed E-state index contributed by atoms with van der Waals surface area (Å²) in [5, 5.41) is 17.2. The second-order valence-electron chi connectivity index (χ2n) is 4.42. The number of halogens is 2. The van der Waals surface area contributed by atoms with Crippen molar-refractivity contribution in [2.24, 2.45) is 0 Å². The summed E-state index contributed by atoms with van der Waals surface area (Å²) in [6.45, 7) is -0.116. The maximum Gasteiger partial charge on any atom is 0.313 e. The number of carbonyl (C=O) groups is 1. The Morgan fingerprint density at radius 3 is 2.85 bits per heavy atom. The molecule has 0 aromatic carbocycles. The van der Waals surface area contributed by atoms with Crippen LogP contribution in [-0.4, -0.2) is 51.2 Å². The summed E-state index contributed by atoms with van der Waals surface area (Å²) >= 11 is 1.07. The van der Waals surface area contributed by atoms with E-state index in [2.05, 4.69) is 10.2 Å². The van der Waals surface area contributed by atoms with Crippen molar-refractivity contribution < 1.29 is 23.4 Å². The highest BCUT2D eigenvalue weighted by molar-refractivity contribution is 7.99. The second kappa shape index (κ2) is 6.98. The van der Waals surface area contributed by atoms with E-state index in [-0.39, 0.29) is 12.4 Å². The molecule has 1 heterocycles. The van der Waals surface area contributed by atoms with Crippen molar-refractivity contribution in [2.75, 3.05) is 19.0 Å². The third-order valence-electron chi connectivity index (χ3n) is 2.72. The lowest BCUT2D eigenvalue weighted by molar-refractivity contribution is -0.133. The first-order valence-corrected chi connectivity index (χ1v) is 7.20. The van der Waals surface area contributed by atoms with Gasteiger partial charge in [0.1, 0.15) is 12.4 Å². The molecule has 0 bridgehead atoms. The molecule has 6 nitrogen and oxygen atoms in total. The molecule has 0 saturated heterocycles. The Morgan fingerprint density at radius 2 is 2.25 bits per heavy atom. The number of nitrogens with zero attached hydrogens (tertiary/aromatic N) is 3. The first-order chi connectivity index (χ1) is 9.58. The van der Waals surface area contributed by atoms with E-state index < -0.39 is 19.0 Å². The van der Waals surface area contributed by atoms with Crippen molar-refractivity contribution in [3.63, 3.8) is 0 Å². The van der Waals surface area contributed by atoms with Gasteiger partial charge in [-0.3, -0.25) is 4.79 Å². The molecule has 20 heavy (non-hydrogen) atoms. The van der Waals surface area contributed by atoms with Crippen LogP contribution in [0, 0.1) is 0 Å². The zero-order valence-corrected chi connectivity index (χ0v) is 11.5. The summed E-state index contributed by atoms with van der Waals surface area (Å²) in [7, 11) is 0. The maximum atomic E-state index is 12.0. The number of aliphatic carboxylic acids is 1. The number of hydrogen-bond donors (Lipinski definition) is 1. The van der Waals surface area contributed by atoms with Gasteiger partial charge in [-0.15, -0.1) is 10.2 Å². The first-order valence-electron chi connectivity index (χ1n) is 6.21. The zero-order chi connectivity index (χ0) is 14.5. The molecule has 1 fully saturated rings. The Bertz CT molecular complexity index is 466. The maximum absolute atomic E-state index is 12.0. The fourth-order valence-corrected chi connectivity index (χ4v) is 2.41. The minimum Gasteiger partial charge on any atom is -0.481 e. The van der Waals surface area contributed by atoms with Crippen molar-refractivity contribution in [3.05, 3.63) is 5.82 Å². The van der Waals surface area contributed by atoms with Crippen LogP contribution in [-0.2, 0) is 16.1 Å². The Balaban J connectivity index is 1.95. The van der Waals surface area contributed by atoms with Gasteiger partial charge in [0.15, 0.2) is 5.16 Å². The lowest BCUT2D eigenvalue weighted by Gasteiger charge is -2.09. The normalized spacial score (nSPS) is 14.9. The lowest BCUT2D eigenvalue weighted by atomic mass is 10.4. The molecule has 0 radical (unpaired) electrons. The smallest absolute Gasteiger partial charge is 0.313 e. The zero-order valence-electron chi connectivity index (χ0n) is 10.7. The molecule has 1 aliphatic carbocycles. The number of hydrogen-bond acceptors (Lipinski definition) is 5. The van der Waals surface area contributed by atoms with E-state index in [0.29, 0.717) is 17.6 Å². The Kier molecular flexibility index (Phi) is 5.30. The van der Waals surface area contributed by atoms with E-state index >= 15 is 0 Å². The fourth-order valence-electron chi connectivity index (χ4n) is 1.72. The minimum absolute atomic E-state index is 0.110. The van der Waals surface area contributed by atoms with E-state index in [4.69, 9.17) is 9.84 Å². The molecule has 1 saturated carbocycles. The van der Waals surface area contributed by atoms with E-state index in [1.54, 1.807) is 4.57 Å². The van der Waals surface area contributed by atoms with E-state index in [1.807, 2.05) is 0 Å². The second-order valence-corrected chi connectivity index (χ2v) is 5.36. The Labute approximate surface area is 118 Å². The van der Waals surface area contributed by atoms with Crippen LogP contribution in [0.1, 0.15) is 24.6 Å². The standard InChI is InChI=1S/C11H15F2N3O3S/c12-8(13)5-19-4-3-16-10(7-1-2-7)14-15-11(16)20-6-9(17)18/h7-8H,1-6H2,(H,17,18). The molecule has 9 heteroatoms. The van der Waals surface area contributed by atoms with Crippen LogP contribution in [0.5, 0.6) is 0 Å². The molecule has 0 spiro atoms. The number of carboxylic acid groups (broad SMARTS) is 1. The van der Waals surface area contributed by atoms with Gasteiger partial charge in [-0.25, -0.2) is 8.78 Å². The van der Waals surface area contributed by atoms with Crippen LogP contribution in [0.25, 0.3) is 0 Å². The largest absolute Gasteiger partial charge is 0.481 e. The van der Waals surface area contributed by atoms with E-state index in [1.165, 1.54) is 0 Å². The predicted octanol–water partition coefficient (Wildman–Crippen LogP) is 1.61. The SMILES string of the molecule is O=C(O)CSc1nnc(C2CC2)n1CCOCC(F)F. The molecule has 1 aliphatic rings. The molecule has 1 aromatic rings. The molecular formula is C11H15F2N3O3S. The highest BCUT2D eigenvalue weighted by Gasteiger charge is 2.30. The number of aromatic nitrogens is 3. The fraction of sp³-hybridized carbons (Fsp3) is 0.727. The molecule has 0 aliphatic heterocycles. The van der Waals surface area contributed by atoms with Crippen molar-refractivity contribution >= 4 is 17.7 Å². The van der Waals surface area contributed by atoms with Gasteiger partial charge in [-0.1, -0.05) is 11.8 Å². The van der Waals surface area contributed by atoms with Crippen LogP contribution >= 0.6 is 11.8 Å². The van der Waals surface area contributed by atoms with E-state index in [0.717, 1.165) is 30.4 Å². The van der Waals surface area contributed by atoms with Crippen molar-refractivity contribution in [1.29, 1.82) is 0 Å². The van der Waals surface area contributed by atoms with Gasteiger partial charge >= 0.3 is 5.97 Å². The van der Waals surface area contributed by atoms with Gasteiger partial charge in [0, 0.05) is 12.5 Å². The number of ether oxygens (including phenoxy) is 1. The Morgan fingerprint density at radius 1 is 1.50 bits per heavy atom. The lowest BCUT2D eigenvalue weighted by Crippen LogP contribution is -2.13. The number of thioether (sulfide) groups is 1. The van der Waals surface area contributed by atoms with Gasteiger partial charge < -0.3 is 14.4 Å². The highest BCUT2D eigenvalue weighted by atomic mass is 32.2. The predicted molar refractivity (Wildman–Crippen MR) is 67.2 cm³/mol. The summed E-state index contributed by atoms with van der Waals surface area (Å²) in [5.41, 5.74) is 0. The molecule has 0 unspecified atom stereocenters. The summed E-state index contributed by atoms with van der Waals surface area (Å²) in [4.78, 5) is 10.6. The average molecular weight is 307 g/mol. The number of carboxylic acids is 1. The molecule has 1 N–H and O–H groups in total. The summed E-state index contributed by atoms with van der Waals surface area (Å²) in [6, 6.07) is 0. The molecule has 0 amide bonds. The number of rotatable bonds is 9. The topological polar surface area (TPSA) is 77.2 Å². The van der Waals surface area contributed by atoms with Crippen LogP contribution in [0.2, 0.25) is 0 Å². The highest BCUT2D eigenvalue weighted by Crippen LogP contribution is 2.39. The number of alkyl halides is 2. The van der Waals surface area contributed by atoms with Gasteiger partial charge in [-0.05, 0) is 12.8 Å². The average Bonchev–Trinajstić information content (AvgIpc) is 3.14. The summed E-state index contributed by atoms with van der Waals surface area (Å²) < 4.78 is 30.6. The molecule has 1 aromatic heterocycles. The van der Waals surface area contributed by atoms with Gasteiger partial charge in [-0.2, -0.15) is 0 Å². The monoisotopic (exact) mass is 307 g/mol. The summed E-state index contributed by atoms with van der Waals surface area (Å²) in [6.07, 6.45) is -0.432. The van der Waals surface area contributed by atoms with Crippen molar-refractivity contribution in [1.82, 2.24) is 14.8 Å². The van der Waals surface area contributed by atoms with Crippen LogP contribution in [0.3, 0.4) is 0 Å². The molecular weight excluding hydrogens is 292 g/mol. The summed E-state index contributed by atoms with van der Waals surface area (Å²) in [5.74, 6) is 0.0857. The molecule has 112 valence electrons. The van der Waals surface area contributed by atoms with Crippen LogP contribution < -0.4 is 0 Å². The first kappa shape index (κ1) is 15.2. The van der Waals surface area contributed by atoms with Crippen molar-refractivity contribution in [2.45, 2.75) is 36.9 Å². The molecule has 0 atom stereocenters. The molecule has 2 rings (SSSR count). The van der Waals surface area contributed by atoms with Gasteiger partial charge in [0.05, 0.1) is 12.4 Å². The van der Waals surface area contributed by atoms with Crippen molar-refractivity contribution in [3.8, 4) is 0 Å². The van der Waals surface area contributed by atoms with Crippen LogP contribution in [0.4, 0.5) is 8.78 Å². The van der Waals surface area contributed by atoms with Gasteiger partial charge in [0.25, 0.3) is 6.43 Å². The minimum atomic E-state index is -2.49. The quantitative estimate of drug-likeness (QED) is 0.552. The van der Waals surface area contributed by atoms with Crippen LogP contribution in [0.15, 0.2) is 5.16 Å². The Hall–Kier alpha value is -1.22.